The number of hydrogen-bond acceptors (Lipinski definition) is 2. The lowest BCUT2D eigenvalue weighted by molar-refractivity contribution is -0.132. The van der Waals surface area contributed by atoms with Gasteiger partial charge in [-0.3, -0.25) is 4.79 Å². The van der Waals surface area contributed by atoms with Gasteiger partial charge in [-0.25, -0.2) is 4.39 Å². The van der Waals surface area contributed by atoms with Gasteiger partial charge in [-0.05, 0) is 49.8 Å². The largest absolute Gasteiger partial charge is 0.396 e. The Balaban J connectivity index is 1.83. The minimum absolute atomic E-state index is 0.176. The molecule has 4 heteroatoms. The van der Waals surface area contributed by atoms with Crippen molar-refractivity contribution in [3.63, 3.8) is 0 Å². The molecule has 1 heterocycles. The average Bonchev–Trinajstić information content (AvgIpc) is 2.92. The van der Waals surface area contributed by atoms with Gasteiger partial charge < -0.3 is 10.0 Å². The van der Waals surface area contributed by atoms with Crippen molar-refractivity contribution < 1.29 is 14.3 Å². The molecule has 1 N–H and O–H groups in total. The molecule has 110 valence electrons. The highest BCUT2D eigenvalue weighted by Gasteiger charge is 2.27. The monoisotopic (exact) mass is 279 g/mol. The molecule has 1 fully saturated rings. The van der Waals surface area contributed by atoms with Crippen LogP contribution in [0.15, 0.2) is 24.3 Å². The first kappa shape index (κ1) is 15.0. The molecular formula is C16H22FNO2. The Morgan fingerprint density at radius 1 is 1.35 bits per heavy atom. The minimum atomic E-state index is -0.247. The summed E-state index contributed by atoms with van der Waals surface area (Å²) in [5.41, 5.74) is 0.992. The summed E-state index contributed by atoms with van der Waals surface area (Å²) in [6.45, 7) is 1.02. The molecule has 1 unspecified atom stereocenters. The Morgan fingerprint density at radius 2 is 2.10 bits per heavy atom. The molecule has 1 aromatic rings. The summed E-state index contributed by atoms with van der Waals surface area (Å²) in [4.78, 5) is 14.2. The van der Waals surface area contributed by atoms with E-state index in [-0.39, 0.29) is 18.3 Å². The maximum Gasteiger partial charge on any atom is 0.223 e. The van der Waals surface area contributed by atoms with Crippen LogP contribution in [0.3, 0.4) is 0 Å². The van der Waals surface area contributed by atoms with E-state index in [2.05, 4.69) is 0 Å². The van der Waals surface area contributed by atoms with Crippen LogP contribution in [0, 0.1) is 5.82 Å². The van der Waals surface area contributed by atoms with Crippen molar-refractivity contribution >= 4 is 5.91 Å². The lowest BCUT2D eigenvalue weighted by Gasteiger charge is -2.24. The van der Waals surface area contributed by atoms with Crippen molar-refractivity contribution in [2.24, 2.45) is 0 Å². The summed E-state index contributed by atoms with van der Waals surface area (Å²) in [7, 11) is 0. The van der Waals surface area contributed by atoms with E-state index in [1.54, 1.807) is 12.1 Å². The molecule has 0 aromatic heterocycles. The predicted octanol–water partition coefficient (Wildman–Crippen LogP) is 2.52. The van der Waals surface area contributed by atoms with Gasteiger partial charge in [0.1, 0.15) is 5.82 Å². The second kappa shape index (κ2) is 7.39. The van der Waals surface area contributed by atoms with Gasteiger partial charge in [-0.2, -0.15) is 0 Å². The standard InChI is InChI=1S/C16H22FNO2/c17-14-8-5-13(6-9-14)7-10-16(20)18-11-1-3-15(18)4-2-12-19/h5-6,8-9,15,19H,1-4,7,10-12H2. The van der Waals surface area contributed by atoms with Gasteiger partial charge in [0.05, 0.1) is 0 Å². The molecule has 0 saturated carbocycles. The van der Waals surface area contributed by atoms with E-state index in [0.29, 0.717) is 18.9 Å². The summed E-state index contributed by atoms with van der Waals surface area (Å²) in [6, 6.07) is 6.62. The molecule has 2 rings (SSSR count). The summed E-state index contributed by atoms with van der Waals surface area (Å²) >= 11 is 0. The van der Waals surface area contributed by atoms with E-state index in [9.17, 15) is 9.18 Å². The Labute approximate surface area is 119 Å². The van der Waals surface area contributed by atoms with E-state index in [4.69, 9.17) is 5.11 Å². The third-order valence-corrected chi connectivity index (χ3v) is 3.93. The molecule has 3 nitrogen and oxygen atoms in total. The molecule has 1 aliphatic rings. The summed E-state index contributed by atoms with van der Waals surface area (Å²) in [6.07, 6.45) is 4.87. The zero-order valence-corrected chi connectivity index (χ0v) is 11.7. The molecule has 1 aromatic carbocycles. The second-order valence-corrected chi connectivity index (χ2v) is 5.38. The number of amides is 1. The molecule has 0 spiro atoms. The minimum Gasteiger partial charge on any atom is -0.396 e. The molecular weight excluding hydrogens is 257 g/mol. The topological polar surface area (TPSA) is 40.5 Å². The normalized spacial score (nSPS) is 18.5. The van der Waals surface area contributed by atoms with Crippen LogP contribution in [0.2, 0.25) is 0 Å². The summed E-state index contributed by atoms with van der Waals surface area (Å²) in [5, 5.41) is 8.89. The van der Waals surface area contributed by atoms with Crippen LogP contribution in [-0.2, 0) is 11.2 Å². The van der Waals surface area contributed by atoms with Gasteiger partial charge in [0, 0.05) is 25.6 Å². The number of aliphatic hydroxyl groups is 1. The van der Waals surface area contributed by atoms with E-state index >= 15 is 0 Å². The van der Waals surface area contributed by atoms with Gasteiger partial charge in [0.2, 0.25) is 5.91 Å². The molecule has 1 amide bonds. The van der Waals surface area contributed by atoms with Crippen molar-refractivity contribution in [1.82, 2.24) is 4.90 Å². The Kier molecular flexibility index (Phi) is 5.53. The van der Waals surface area contributed by atoms with Crippen LogP contribution in [0.5, 0.6) is 0 Å². The van der Waals surface area contributed by atoms with Crippen molar-refractivity contribution in [3.8, 4) is 0 Å². The third-order valence-electron chi connectivity index (χ3n) is 3.93. The molecule has 0 aliphatic carbocycles. The molecule has 20 heavy (non-hydrogen) atoms. The first-order chi connectivity index (χ1) is 9.70. The highest BCUT2D eigenvalue weighted by atomic mass is 19.1. The predicted molar refractivity (Wildman–Crippen MR) is 75.8 cm³/mol. The zero-order valence-electron chi connectivity index (χ0n) is 11.7. The fraction of sp³-hybridized carbons (Fsp3) is 0.562. The van der Waals surface area contributed by atoms with Gasteiger partial charge in [0.15, 0.2) is 0 Å². The summed E-state index contributed by atoms with van der Waals surface area (Å²) in [5.74, 6) is -0.0709. The van der Waals surface area contributed by atoms with Crippen molar-refractivity contribution in [2.75, 3.05) is 13.2 Å². The van der Waals surface area contributed by atoms with Crippen molar-refractivity contribution in [3.05, 3.63) is 35.6 Å². The van der Waals surface area contributed by atoms with Crippen LogP contribution in [-0.4, -0.2) is 35.1 Å². The number of likely N-dealkylation sites (tertiary alicyclic amines) is 1. The lowest BCUT2D eigenvalue weighted by Crippen LogP contribution is -2.35. The Morgan fingerprint density at radius 3 is 2.80 bits per heavy atom. The third kappa shape index (κ3) is 4.04. The number of carbonyl (C=O) groups excluding carboxylic acids is 1. The first-order valence-corrected chi connectivity index (χ1v) is 7.35. The number of aliphatic hydroxyl groups excluding tert-OH is 1. The number of benzene rings is 1. The maximum atomic E-state index is 12.8. The Hall–Kier alpha value is -1.42. The van der Waals surface area contributed by atoms with Gasteiger partial charge in [-0.15, -0.1) is 0 Å². The molecule has 0 radical (unpaired) electrons. The van der Waals surface area contributed by atoms with E-state index < -0.39 is 0 Å². The van der Waals surface area contributed by atoms with Crippen LogP contribution in [0.4, 0.5) is 4.39 Å². The zero-order chi connectivity index (χ0) is 14.4. The van der Waals surface area contributed by atoms with Crippen molar-refractivity contribution in [2.45, 2.75) is 44.6 Å². The summed E-state index contributed by atoms with van der Waals surface area (Å²) < 4.78 is 12.8. The highest BCUT2D eigenvalue weighted by Crippen LogP contribution is 2.22. The van der Waals surface area contributed by atoms with E-state index in [0.717, 1.165) is 37.8 Å². The fourth-order valence-electron chi connectivity index (χ4n) is 2.84. The number of nitrogens with zero attached hydrogens (tertiary/aromatic N) is 1. The Bertz CT molecular complexity index is 433. The van der Waals surface area contributed by atoms with Gasteiger partial charge in [0.25, 0.3) is 0 Å². The number of rotatable bonds is 6. The first-order valence-electron chi connectivity index (χ1n) is 7.35. The van der Waals surface area contributed by atoms with Crippen molar-refractivity contribution in [1.29, 1.82) is 0 Å². The average molecular weight is 279 g/mol. The molecule has 1 saturated heterocycles. The van der Waals surface area contributed by atoms with Gasteiger partial charge in [-0.1, -0.05) is 12.1 Å². The second-order valence-electron chi connectivity index (χ2n) is 5.38. The maximum absolute atomic E-state index is 12.8. The van der Waals surface area contributed by atoms with Crippen LogP contribution in [0.25, 0.3) is 0 Å². The van der Waals surface area contributed by atoms with Crippen LogP contribution < -0.4 is 0 Å². The molecule has 1 aliphatic heterocycles. The number of halogens is 1. The fourth-order valence-corrected chi connectivity index (χ4v) is 2.84. The van der Waals surface area contributed by atoms with E-state index in [1.807, 2.05) is 4.90 Å². The molecule has 0 bridgehead atoms. The van der Waals surface area contributed by atoms with Crippen LogP contribution in [0.1, 0.15) is 37.7 Å². The number of carbonyl (C=O) groups is 1. The number of hydrogen-bond donors (Lipinski definition) is 1. The smallest absolute Gasteiger partial charge is 0.223 e. The lowest BCUT2D eigenvalue weighted by atomic mass is 10.1. The quantitative estimate of drug-likeness (QED) is 0.869. The highest BCUT2D eigenvalue weighted by molar-refractivity contribution is 5.77. The van der Waals surface area contributed by atoms with Gasteiger partial charge >= 0.3 is 0 Å². The van der Waals surface area contributed by atoms with E-state index in [1.165, 1.54) is 12.1 Å². The number of aryl methyl sites for hydroxylation is 1. The SMILES string of the molecule is O=C(CCc1ccc(F)cc1)N1CCCC1CCCO. The van der Waals surface area contributed by atoms with Crippen LogP contribution >= 0.6 is 0 Å². The molecule has 1 atom stereocenters.